The zero-order valence-electron chi connectivity index (χ0n) is 11.4. The highest BCUT2D eigenvalue weighted by Crippen LogP contribution is 2.12. The number of aryl methyl sites for hydroxylation is 1. The minimum absolute atomic E-state index is 0.274. The standard InChI is InChI=1S/C13H21N3O2/c1-9-5-6-15-10(7-9)11(8-14)16-12(17)18-13(2,3)4/h5-7,11H,8,14H2,1-4H3,(H,16,17). The summed E-state index contributed by atoms with van der Waals surface area (Å²) in [5.41, 5.74) is 6.94. The van der Waals surface area contributed by atoms with Gasteiger partial charge in [0.2, 0.25) is 0 Å². The van der Waals surface area contributed by atoms with E-state index in [2.05, 4.69) is 10.3 Å². The van der Waals surface area contributed by atoms with Crippen molar-refractivity contribution in [3.63, 3.8) is 0 Å². The minimum Gasteiger partial charge on any atom is -0.444 e. The number of carbonyl (C=O) groups excluding carboxylic acids is 1. The molecule has 1 aromatic rings. The van der Waals surface area contributed by atoms with Crippen LogP contribution < -0.4 is 11.1 Å². The van der Waals surface area contributed by atoms with Crippen LogP contribution in [0.3, 0.4) is 0 Å². The Morgan fingerprint density at radius 3 is 2.72 bits per heavy atom. The van der Waals surface area contributed by atoms with E-state index in [1.165, 1.54) is 0 Å². The number of pyridine rings is 1. The zero-order valence-corrected chi connectivity index (χ0v) is 11.4. The van der Waals surface area contributed by atoms with Gasteiger partial charge in [0.15, 0.2) is 0 Å². The molecule has 0 aliphatic carbocycles. The maximum Gasteiger partial charge on any atom is 0.408 e. The first-order valence-electron chi connectivity index (χ1n) is 5.94. The van der Waals surface area contributed by atoms with Crippen LogP contribution in [0.2, 0.25) is 0 Å². The van der Waals surface area contributed by atoms with E-state index in [1.54, 1.807) is 6.20 Å². The summed E-state index contributed by atoms with van der Waals surface area (Å²) in [6.07, 6.45) is 1.21. The Bertz CT molecular complexity index is 413. The second-order valence-corrected chi connectivity index (χ2v) is 5.19. The van der Waals surface area contributed by atoms with Crippen LogP contribution in [0.4, 0.5) is 4.79 Å². The predicted octanol–water partition coefficient (Wildman–Crippen LogP) is 1.91. The topological polar surface area (TPSA) is 77.2 Å². The molecule has 0 aliphatic heterocycles. The van der Waals surface area contributed by atoms with E-state index in [0.717, 1.165) is 11.3 Å². The van der Waals surface area contributed by atoms with E-state index in [9.17, 15) is 4.79 Å². The molecular formula is C13H21N3O2. The van der Waals surface area contributed by atoms with Gasteiger partial charge < -0.3 is 15.8 Å². The highest BCUT2D eigenvalue weighted by Gasteiger charge is 2.20. The average Bonchev–Trinajstić information content (AvgIpc) is 2.23. The van der Waals surface area contributed by atoms with Gasteiger partial charge in [-0.1, -0.05) is 0 Å². The van der Waals surface area contributed by atoms with Gasteiger partial charge in [0, 0.05) is 12.7 Å². The quantitative estimate of drug-likeness (QED) is 0.860. The molecule has 0 saturated heterocycles. The Morgan fingerprint density at radius 2 is 2.22 bits per heavy atom. The largest absolute Gasteiger partial charge is 0.444 e. The lowest BCUT2D eigenvalue weighted by atomic mass is 10.1. The summed E-state index contributed by atoms with van der Waals surface area (Å²) in [4.78, 5) is 15.9. The molecule has 0 saturated carbocycles. The normalized spacial score (nSPS) is 12.9. The molecule has 1 amide bonds. The van der Waals surface area contributed by atoms with E-state index in [4.69, 9.17) is 10.5 Å². The maximum absolute atomic E-state index is 11.7. The van der Waals surface area contributed by atoms with Gasteiger partial charge >= 0.3 is 6.09 Å². The van der Waals surface area contributed by atoms with Crippen molar-refractivity contribution in [1.82, 2.24) is 10.3 Å². The number of aromatic nitrogens is 1. The first-order chi connectivity index (χ1) is 8.31. The van der Waals surface area contributed by atoms with E-state index >= 15 is 0 Å². The van der Waals surface area contributed by atoms with Crippen molar-refractivity contribution in [2.45, 2.75) is 39.3 Å². The van der Waals surface area contributed by atoms with Crippen LogP contribution in [0.5, 0.6) is 0 Å². The molecule has 1 aromatic heterocycles. The van der Waals surface area contributed by atoms with Crippen LogP contribution in [-0.2, 0) is 4.74 Å². The Kier molecular flexibility index (Phi) is 4.67. The SMILES string of the molecule is Cc1ccnc(C(CN)NC(=O)OC(C)(C)C)c1. The highest BCUT2D eigenvalue weighted by molar-refractivity contribution is 5.68. The number of nitrogens with two attached hydrogens (primary N) is 1. The monoisotopic (exact) mass is 251 g/mol. The average molecular weight is 251 g/mol. The van der Waals surface area contributed by atoms with Crippen molar-refractivity contribution < 1.29 is 9.53 Å². The van der Waals surface area contributed by atoms with Crippen LogP contribution in [0.1, 0.15) is 38.1 Å². The van der Waals surface area contributed by atoms with E-state index < -0.39 is 11.7 Å². The second kappa shape index (κ2) is 5.82. The molecule has 0 aromatic carbocycles. The van der Waals surface area contributed by atoms with E-state index in [1.807, 2.05) is 39.8 Å². The molecule has 0 radical (unpaired) electrons. The van der Waals surface area contributed by atoms with Gasteiger partial charge in [-0.15, -0.1) is 0 Å². The Morgan fingerprint density at radius 1 is 1.56 bits per heavy atom. The Labute approximate surface area is 108 Å². The van der Waals surface area contributed by atoms with Crippen LogP contribution >= 0.6 is 0 Å². The summed E-state index contributed by atoms with van der Waals surface area (Å²) >= 11 is 0. The summed E-state index contributed by atoms with van der Waals surface area (Å²) in [5, 5.41) is 2.72. The summed E-state index contributed by atoms with van der Waals surface area (Å²) < 4.78 is 5.19. The van der Waals surface area contributed by atoms with E-state index in [0.29, 0.717) is 0 Å². The first-order valence-corrected chi connectivity index (χ1v) is 5.94. The molecule has 5 nitrogen and oxygen atoms in total. The lowest BCUT2D eigenvalue weighted by Crippen LogP contribution is -2.38. The highest BCUT2D eigenvalue weighted by atomic mass is 16.6. The number of rotatable bonds is 3. The Balaban J connectivity index is 2.71. The van der Waals surface area contributed by atoms with Gasteiger partial charge in [0.25, 0.3) is 0 Å². The van der Waals surface area contributed by atoms with E-state index in [-0.39, 0.29) is 12.6 Å². The molecule has 1 rings (SSSR count). The van der Waals surface area contributed by atoms with Crippen molar-refractivity contribution in [1.29, 1.82) is 0 Å². The van der Waals surface area contributed by atoms with Crippen molar-refractivity contribution in [2.24, 2.45) is 5.73 Å². The van der Waals surface area contributed by atoms with Gasteiger partial charge in [-0.3, -0.25) is 4.98 Å². The summed E-state index contributed by atoms with van der Waals surface area (Å²) in [6, 6.07) is 3.46. The maximum atomic E-state index is 11.7. The number of carbonyl (C=O) groups is 1. The fourth-order valence-corrected chi connectivity index (χ4v) is 1.45. The number of nitrogens with one attached hydrogen (secondary N) is 1. The van der Waals surface area contributed by atoms with Crippen LogP contribution in [0.25, 0.3) is 0 Å². The van der Waals surface area contributed by atoms with Gasteiger partial charge in [-0.05, 0) is 45.4 Å². The molecule has 1 heterocycles. The second-order valence-electron chi connectivity index (χ2n) is 5.19. The lowest BCUT2D eigenvalue weighted by molar-refractivity contribution is 0.0504. The molecule has 100 valence electrons. The number of amides is 1. The van der Waals surface area contributed by atoms with Gasteiger partial charge in [0.1, 0.15) is 5.60 Å². The zero-order chi connectivity index (χ0) is 13.8. The van der Waals surface area contributed by atoms with Crippen LogP contribution in [0.15, 0.2) is 18.3 Å². The third-order valence-electron chi connectivity index (χ3n) is 2.22. The van der Waals surface area contributed by atoms with Crippen LogP contribution in [-0.4, -0.2) is 23.2 Å². The fourth-order valence-electron chi connectivity index (χ4n) is 1.45. The predicted molar refractivity (Wildman–Crippen MR) is 70.1 cm³/mol. The summed E-state index contributed by atoms with van der Waals surface area (Å²) in [6.45, 7) is 7.68. The molecule has 1 atom stereocenters. The molecule has 0 aliphatic rings. The van der Waals surface area contributed by atoms with Gasteiger partial charge in [-0.2, -0.15) is 0 Å². The summed E-state index contributed by atoms with van der Waals surface area (Å²) in [7, 11) is 0. The molecule has 0 fully saturated rings. The number of alkyl carbamates (subject to hydrolysis) is 1. The third-order valence-corrected chi connectivity index (χ3v) is 2.22. The van der Waals surface area contributed by atoms with Gasteiger partial charge in [0.05, 0.1) is 11.7 Å². The number of hydrogen-bond acceptors (Lipinski definition) is 4. The fraction of sp³-hybridized carbons (Fsp3) is 0.538. The Hall–Kier alpha value is -1.62. The molecule has 0 bridgehead atoms. The van der Waals surface area contributed by atoms with Gasteiger partial charge in [-0.25, -0.2) is 4.79 Å². The minimum atomic E-state index is -0.525. The third kappa shape index (κ3) is 4.71. The molecule has 0 spiro atoms. The number of nitrogens with zero attached hydrogens (tertiary/aromatic N) is 1. The molecule has 3 N–H and O–H groups in total. The smallest absolute Gasteiger partial charge is 0.408 e. The number of ether oxygens (including phenoxy) is 1. The number of hydrogen-bond donors (Lipinski definition) is 2. The van der Waals surface area contributed by atoms with Crippen molar-refractivity contribution in [2.75, 3.05) is 6.54 Å². The van der Waals surface area contributed by atoms with Crippen molar-refractivity contribution >= 4 is 6.09 Å². The summed E-state index contributed by atoms with van der Waals surface area (Å²) in [5.74, 6) is 0. The van der Waals surface area contributed by atoms with Crippen molar-refractivity contribution in [3.8, 4) is 0 Å². The first kappa shape index (κ1) is 14.4. The van der Waals surface area contributed by atoms with Crippen LogP contribution in [0, 0.1) is 6.92 Å². The van der Waals surface area contributed by atoms with Crippen molar-refractivity contribution in [3.05, 3.63) is 29.6 Å². The molecular weight excluding hydrogens is 230 g/mol. The molecule has 18 heavy (non-hydrogen) atoms. The lowest BCUT2D eigenvalue weighted by Gasteiger charge is -2.22. The molecule has 5 heteroatoms. The molecule has 1 unspecified atom stereocenters.